The minimum Gasteiger partial charge on any atom is -0.454 e. The van der Waals surface area contributed by atoms with Crippen molar-refractivity contribution in [1.29, 1.82) is 5.26 Å². The molecule has 2 N–H and O–H groups in total. The second-order valence-electron chi connectivity index (χ2n) is 8.77. The van der Waals surface area contributed by atoms with E-state index in [0.717, 1.165) is 0 Å². The number of amides is 2. The van der Waals surface area contributed by atoms with Crippen LogP contribution in [0.15, 0.2) is 71.6 Å². The summed E-state index contributed by atoms with van der Waals surface area (Å²) in [5.74, 6) is -0.262. The number of hydrogen-bond donors (Lipinski definition) is 2. The number of anilines is 1. The smallest absolute Gasteiger partial charge is 0.262 e. The number of likely N-dealkylation sites (tertiary alicyclic amines) is 1. The number of carbonyl (C=O) groups excluding carboxylic acids is 2. The molecule has 0 atom stereocenters. The molecule has 3 aromatic rings. The molecule has 0 aliphatic carbocycles. The summed E-state index contributed by atoms with van der Waals surface area (Å²) in [5.41, 5.74) is 0.383. The number of rotatable bonds is 8. The number of para-hydroxylation sites is 2. The minimum atomic E-state index is -4.03. The Morgan fingerprint density at radius 3 is 2.36 bits per heavy atom. The van der Waals surface area contributed by atoms with Gasteiger partial charge in [-0.05, 0) is 67.4 Å². The zero-order valence-electron chi connectivity index (χ0n) is 20.6. The van der Waals surface area contributed by atoms with Crippen LogP contribution in [0.1, 0.15) is 23.2 Å². The third-order valence-corrected chi connectivity index (χ3v) is 8.01. The van der Waals surface area contributed by atoms with E-state index in [1.54, 1.807) is 41.3 Å². The van der Waals surface area contributed by atoms with Crippen molar-refractivity contribution in [2.45, 2.75) is 17.7 Å². The fraction of sp³-hybridized carbons (Fsp3) is 0.222. The van der Waals surface area contributed by atoms with E-state index >= 15 is 0 Å². The Bertz CT molecular complexity index is 1520. The summed E-state index contributed by atoms with van der Waals surface area (Å²) in [6.45, 7) is 0.771. The molecule has 0 radical (unpaired) electrons. The highest BCUT2D eigenvalue weighted by Gasteiger charge is 2.23. The lowest BCUT2D eigenvalue weighted by Crippen LogP contribution is -2.44. The van der Waals surface area contributed by atoms with E-state index in [1.807, 2.05) is 0 Å². The number of nitrogens with zero attached hydrogens (tertiary/aromatic N) is 2. The number of carbonyl (C=O) groups is 2. The van der Waals surface area contributed by atoms with Crippen LogP contribution in [0, 0.1) is 17.2 Å². The molecule has 0 saturated carbocycles. The number of nitriles is 1. The normalized spacial score (nSPS) is 13.8. The van der Waals surface area contributed by atoms with Gasteiger partial charge in [-0.3, -0.25) is 14.3 Å². The third kappa shape index (κ3) is 7.20. The lowest BCUT2D eigenvalue weighted by molar-refractivity contribution is -0.131. The minimum absolute atomic E-state index is 0.0455. The summed E-state index contributed by atoms with van der Waals surface area (Å²) in [6, 6.07) is 18.7. The van der Waals surface area contributed by atoms with Crippen molar-refractivity contribution < 1.29 is 22.7 Å². The van der Waals surface area contributed by atoms with Crippen LogP contribution in [-0.2, 0) is 14.8 Å². The Hall–Kier alpha value is -3.78. The monoisotopic (exact) mass is 586 g/mol. The van der Waals surface area contributed by atoms with Crippen molar-refractivity contribution in [3.8, 4) is 17.6 Å². The molecular formula is C27H24Cl2N4O5S. The van der Waals surface area contributed by atoms with Crippen LogP contribution in [0.3, 0.4) is 0 Å². The number of sulfonamides is 1. The lowest BCUT2D eigenvalue weighted by atomic mass is 9.99. The van der Waals surface area contributed by atoms with E-state index in [-0.39, 0.29) is 45.3 Å². The Balaban J connectivity index is 1.38. The second kappa shape index (κ2) is 12.4. The van der Waals surface area contributed by atoms with Gasteiger partial charge in [0.2, 0.25) is 5.91 Å². The van der Waals surface area contributed by atoms with E-state index in [4.69, 9.17) is 33.2 Å². The number of halogens is 2. The number of ether oxygens (including phenoxy) is 1. The molecule has 0 bridgehead atoms. The van der Waals surface area contributed by atoms with Crippen molar-refractivity contribution in [3.05, 3.63) is 82.3 Å². The van der Waals surface area contributed by atoms with Crippen LogP contribution in [-0.4, -0.2) is 44.8 Å². The van der Waals surface area contributed by atoms with Crippen LogP contribution < -0.4 is 14.8 Å². The molecule has 2 amide bonds. The average molecular weight is 587 g/mol. The summed E-state index contributed by atoms with van der Waals surface area (Å²) in [5, 5.41) is 12.2. The van der Waals surface area contributed by atoms with Gasteiger partial charge in [-0.1, -0.05) is 35.3 Å². The first-order valence-electron chi connectivity index (χ1n) is 12.0. The predicted octanol–water partition coefficient (Wildman–Crippen LogP) is 5.08. The summed E-state index contributed by atoms with van der Waals surface area (Å²) in [6.07, 6.45) is 1.23. The summed E-state index contributed by atoms with van der Waals surface area (Å²) >= 11 is 12.1. The maximum absolute atomic E-state index is 13.1. The van der Waals surface area contributed by atoms with Crippen molar-refractivity contribution in [1.82, 2.24) is 10.2 Å². The molecule has 1 fully saturated rings. The van der Waals surface area contributed by atoms with Gasteiger partial charge in [0, 0.05) is 29.6 Å². The fourth-order valence-electron chi connectivity index (χ4n) is 3.93. The molecule has 4 rings (SSSR count). The van der Waals surface area contributed by atoms with E-state index in [9.17, 15) is 18.0 Å². The van der Waals surface area contributed by atoms with Gasteiger partial charge in [-0.25, -0.2) is 8.42 Å². The van der Waals surface area contributed by atoms with Gasteiger partial charge in [-0.2, -0.15) is 5.26 Å². The van der Waals surface area contributed by atoms with Crippen LogP contribution in [0.25, 0.3) is 0 Å². The Morgan fingerprint density at radius 2 is 1.69 bits per heavy atom. The molecule has 1 heterocycles. The highest BCUT2D eigenvalue weighted by molar-refractivity contribution is 7.92. The summed E-state index contributed by atoms with van der Waals surface area (Å²) in [4.78, 5) is 26.5. The van der Waals surface area contributed by atoms with Gasteiger partial charge in [0.1, 0.15) is 5.75 Å². The molecule has 9 nitrogen and oxygen atoms in total. The number of nitrogens with one attached hydrogen (secondary N) is 2. The highest BCUT2D eigenvalue weighted by atomic mass is 35.5. The van der Waals surface area contributed by atoms with Crippen molar-refractivity contribution in [2.75, 3.05) is 24.4 Å². The topological polar surface area (TPSA) is 129 Å². The Kier molecular flexibility index (Phi) is 8.97. The zero-order valence-corrected chi connectivity index (χ0v) is 22.9. The van der Waals surface area contributed by atoms with Crippen molar-refractivity contribution >= 4 is 50.7 Å². The van der Waals surface area contributed by atoms with Gasteiger partial charge >= 0.3 is 0 Å². The zero-order chi connectivity index (χ0) is 28.0. The lowest BCUT2D eigenvalue weighted by Gasteiger charge is -2.29. The van der Waals surface area contributed by atoms with Gasteiger partial charge in [0.25, 0.3) is 15.9 Å². The quantitative estimate of drug-likeness (QED) is 0.379. The largest absolute Gasteiger partial charge is 0.454 e. The molecule has 12 heteroatoms. The van der Waals surface area contributed by atoms with Crippen molar-refractivity contribution in [3.63, 3.8) is 0 Å². The standard InChI is InChI=1S/C27H24Cl2N4O5S/c28-20-7-10-24(22(29)15-20)38-25-4-2-1-3-23(25)32-39(36,37)21-8-5-19(6-9-21)27(35)31-17-26(34)33-13-11-18(16-30)12-14-33/h1-10,15,18,32H,11-14,17H2,(H,31,35). The third-order valence-electron chi connectivity index (χ3n) is 6.10. The van der Waals surface area contributed by atoms with Crippen molar-refractivity contribution in [2.24, 2.45) is 5.92 Å². The number of benzene rings is 3. The van der Waals surface area contributed by atoms with Gasteiger partial charge in [0.15, 0.2) is 5.75 Å². The van der Waals surface area contributed by atoms with Gasteiger partial charge in [0.05, 0.1) is 28.2 Å². The van der Waals surface area contributed by atoms with Gasteiger partial charge < -0.3 is 15.0 Å². The molecule has 1 saturated heterocycles. The molecule has 39 heavy (non-hydrogen) atoms. The second-order valence-corrected chi connectivity index (χ2v) is 11.3. The van der Waals surface area contributed by atoms with E-state index in [0.29, 0.717) is 36.7 Å². The fourth-order valence-corrected chi connectivity index (χ4v) is 5.45. The van der Waals surface area contributed by atoms with E-state index in [1.165, 1.54) is 30.3 Å². The molecular weight excluding hydrogens is 563 g/mol. The molecule has 1 aliphatic rings. The maximum Gasteiger partial charge on any atom is 0.262 e. The number of piperidine rings is 1. The first-order chi connectivity index (χ1) is 18.7. The molecule has 0 spiro atoms. The SMILES string of the molecule is N#CC1CCN(C(=O)CNC(=O)c2ccc(S(=O)(=O)Nc3ccccc3Oc3ccc(Cl)cc3Cl)cc2)CC1. The molecule has 1 aliphatic heterocycles. The van der Waals surface area contributed by atoms with Crippen LogP contribution in [0.4, 0.5) is 5.69 Å². The summed E-state index contributed by atoms with van der Waals surface area (Å²) in [7, 11) is -4.03. The first kappa shape index (κ1) is 28.2. The first-order valence-corrected chi connectivity index (χ1v) is 14.2. The van der Waals surface area contributed by atoms with E-state index < -0.39 is 15.9 Å². The highest BCUT2D eigenvalue weighted by Crippen LogP contribution is 2.35. The number of hydrogen-bond acceptors (Lipinski definition) is 6. The molecule has 202 valence electrons. The van der Waals surface area contributed by atoms with E-state index in [2.05, 4.69) is 16.1 Å². The van der Waals surface area contributed by atoms with Crippen LogP contribution >= 0.6 is 23.2 Å². The molecule has 0 unspecified atom stereocenters. The Labute approximate surface area is 236 Å². The van der Waals surface area contributed by atoms with Crippen LogP contribution in [0.5, 0.6) is 11.5 Å². The van der Waals surface area contributed by atoms with Crippen LogP contribution in [0.2, 0.25) is 10.0 Å². The molecule has 0 aromatic heterocycles. The Morgan fingerprint density at radius 1 is 1.00 bits per heavy atom. The predicted molar refractivity (Wildman–Crippen MR) is 147 cm³/mol. The maximum atomic E-state index is 13.1. The average Bonchev–Trinajstić information content (AvgIpc) is 2.94. The molecule has 3 aromatic carbocycles. The summed E-state index contributed by atoms with van der Waals surface area (Å²) < 4.78 is 34.4. The van der Waals surface area contributed by atoms with Gasteiger partial charge in [-0.15, -0.1) is 0 Å².